The number of aromatic amines is 1. The molecule has 0 spiro atoms. The van der Waals surface area contributed by atoms with Gasteiger partial charge in [0.15, 0.2) is 5.54 Å². The first kappa shape index (κ1) is 23.8. The molecule has 0 saturated heterocycles. The lowest BCUT2D eigenvalue weighted by Crippen LogP contribution is -2.75. The monoisotopic (exact) mass is 442 g/mol. The summed E-state index contributed by atoms with van der Waals surface area (Å²) in [5.74, 6) is 0.499. The van der Waals surface area contributed by atoms with Gasteiger partial charge in [0.2, 0.25) is 0 Å². The molecule has 1 fully saturated rings. The summed E-state index contributed by atoms with van der Waals surface area (Å²) >= 11 is 0. The van der Waals surface area contributed by atoms with E-state index in [1.54, 1.807) is 20.0 Å². The summed E-state index contributed by atoms with van der Waals surface area (Å²) < 4.78 is 5.31. The molecule has 0 radical (unpaired) electrons. The average Bonchev–Trinajstić information content (AvgIpc) is 3.48. The molecule has 1 atom stereocenters. The van der Waals surface area contributed by atoms with Crippen LogP contribution in [0.4, 0.5) is 4.79 Å². The van der Waals surface area contributed by atoms with Crippen LogP contribution >= 0.6 is 0 Å². The number of amides is 2. The molecule has 174 valence electrons. The summed E-state index contributed by atoms with van der Waals surface area (Å²) in [6, 6.07) is 10.1. The second-order valence-electron chi connectivity index (χ2n) is 9.31. The number of ether oxygens (including phenoxy) is 1. The van der Waals surface area contributed by atoms with Crippen LogP contribution in [0.3, 0.4) is 0 Å². The van der Waals surface area contributed by atoms with Crippen molar-refractivity contribution in [1.82, 2.24) is 20.8 Å². The van der Waals surface area contributed by atoms with Gasteiger partial charge in [0, 0.05) is 13.0 Å². The number of H-pyrrole nitrogens is 1. The zero-order valence-corrected chi connectivity index (χ0v) is 19.2. The van der Waals surface area contributed by atoms with Gasteiger partial charge in [-0.3, -0.25) is 9.89 Å². The molecule has 1 aromatic heterocycles. The van der Waals surface area contributed by atoms with Gasteiger partial charge in [-0.15, -0.1) is 0 Å². The van der Waals surface area contributed by atoms with Gasteiger partial charge in [-0.2, -0.15) is 5.10 Å². The number of aryl methyl sites for hydroxylation is 1. The zero-order valence-electron chi connectivity index (χ0n) is 19.2. The van der Waals surface area contributed by atoms with Crippen molar-refractivity contribution in [2.45, 2.75) is 64.0 Å². The molecule has 1 aliphatic rings. The van der Waals surface area contributed by atoms with Crippen molar-refractivity contribution in [2.24, 2.45) is 5.92 Å². The SMILES string of the molecule is CC(C)([NH3+])C(=O)NC(CCCc1ccccc1)c1[nH]ncc1CCOC(=O)NCC1CC1. The van der Waals surface area contributed by atoms with E-state index in [-0.39, 0.29) is 24.6 Å². The van der Waals surface area contributed by atoms with E-state index < -0.39 is 5.54 Å². The Bertz CT molecular complexity index is 871. The number of aromatic nitrogens is 2. The van der Waals surface area contributed by atoms with Crippen molar-refractivity contribution >= 4 is 12.0 Å². The molecule has 1 saturated carbocycles. The van der Waals surface area contributed by atoms with Crippen LogP contribution in [0.5, 0.6) is 0 Å². The lowest BCUT2D eigenvalue weighted by atomic mass is 9.98. The number of rotatable bonds is 12. The molecule has 0 aliphatic heterocycles. The van der Waals surface area contributed by atoms with Crippen LogP contribution in [0.2, 0.25) is 0 Å². The van der Waals surface area contributed by atoms with Gasteiger partial charge in [-0.1, -0.05) is 30.3 Å². The lowest BCUT2D eigenvalue weighted by Gasteiger charge is -2.23. The number of nitrogens with zero attached hydrogens (tertiary/aromatic N) is 1. The number of carbonyl (C=O) groups is 2. The number of hydrogen-bond acceptors (Lipinski definition) is 4. The molecule has 2 amide bonds. The van der Waals surface area contributed by atoms with Crippen molar-refractivity contribution in [3.8, 4) is 0 Å². The van der Waals surface area contributed by atoms with Crippen LogP contribution in [0.25, 0.3) is 0 Å². The van der Waals surface area contributed by atoms with Crippen LogP contribution in [0.1, 0.15) is 62.4 Å². The van der Waals surface area contributed by atoms with Crippen molar-refractivity contribution < 1.29 is 20.1 Å². The summed E-state index contributed by atoms with van der Waals surface area (Å²) in [5.41, 5.74) is 6.29. The van der Waals surface area contributed by atoms with Gasteiger partial charge >= 0.3 is 6.09 Å². The van der Waals surface area contributed by atoms with Crippen LogP contribution in [-0.2, 0) is 22.4 Å². The van der Waals surface area contributed by atoms with E-state index >= 15 is 0 Å². The fraction of sp³-hybridized carbons (Fsp3) is 0.542. The van der Waals surface area contributed by atoms with Gasteiger partial charge in [-0.25, -0.2) is 4.79 Å². The van der Waals surface area contributed by atoms with Crippen LogP contribution in [-0.4, -0.2) is 40.9 Å². The van der Waals surface area contributed by atoms with E-state index in [4.69, 9.17) is 4.74 Å². The Morgan fingerprint density at radius 1 is 1.25 bits per heavy atom. The predicted molar refractivity (Wildman–Crippen MR) is 122 cm³/mol. The predicted octanol–water partition coefficient (Wildman–Crippen LogP) is 2.29. The van der Waals surface area contributed by atoms with Crippen LogP contribution < -0.4 is 16.4 Å². The smallest absolute Gasteiger partial charge is 0.407 e. The first-order valence-electron chi connectivity index (χ1n) is 11.5. The number of benzene rings is 1. The maximum Gasteiger partial charge on any atom is 0.407 e. The molecule has 2 aromatic rings. The second kappa shape index (κ2) is 11.1. The zero-order chi connectivity index (χ0) is 23.0. The van der Waals surface area contributed by atoms with E-state index in [1.165, 1.54) is 18.4 Å². The molecule has 1 aliphatic carbocycles. The third-order valence-electron chi connectivity index (χ3n) is 5.66. The Hall–Kier alpha value is -2.87. The largest absolute Gasteiger partial charge is 0.449 e. The maximum atomic E-state index is 12.7. The van der Waals surface area contributed by atoms with Crippen molar-refractivity contribution in [1.29, 1.82) is 0 Å². The van der Waals surface area contributed by atoms with Gasteiger partial charge < -0.3 is 21.1 Å². The summed E-state index contributed by atoms with van der Waals surface area (Å²) in [6.07, 6.45) is 6.84. The highest BCUT2D eigenvalue weighted by Crippen LogP contribution is 2.27. The number of carbonyl (C=O) groups excluding carboxylic acids is 2. The summed E-state index contributed by atoms with van der Waals surface area (Å²) in [4.78, 5) is 24.5. The Morgan fingerprint density at radius 2 is 2.00 bits per heavy atom. The first-order valence-corrected chi connectivity index (χ1v) is 11.5. The van der Waals surface area contributed by atoms with Crippen molar-refractivity contribution in [3.05, 3.63) is 53.3 Å². The standard InChI is InChI=1S/C24H35N5O3/c1-24(2,25)22(30)28-20(10-6-9-17-7-4-3-5-8-17)21-19(16-27-29-21)13-14-32-23(31)26-15-18-11-12-18/h3-5,7-8,16,18,20H,6,9-15,25H2,1-2H3,(H,26,31)(H,27,29)(H,28,30)/p+1. The minimum absolute atomic E-state index is 0.113. The topological polar surface area (TPSA) is 124 Å². The molecular weight excluding hydrogens is 406 g/mol. The Morgan fingerprint density at radius 3 is 2.69 bits per heavy atom. The third kappa shape index (κ3) is 7.67. The fourth-order valence-corrected chi connectivity index (χ4v) is 3.47. The highest BCUT2D eigenvalue weighted by molar-refractivity contribution is 5.83. The van der Waals surface area contributed by atoms with Crippen molar-refractivity contribution in [2.75, 3.05) is 13.2 Å². The molecule has 1 aromatic carbocycles. The molecule has 0 bridgehead atoms. The van der Waals surface area contributed by atoms with E-state index in [0.717, 1.165) is 30.5 Å². The number of alkyl carbamates (subject to hydrolysis) is 1. The average molecular weight is 443 g/mol. The minimum Gasteiger partial charge on any atom is -0.449 e. The molecule has 1 heterocycles. The second-order valence-corrected chi connectivity index (χ2v) is 9.31. The highest BCUT2D eigenvalue weighted by atomic mass is 16.5. The van der Waals surface area contributed by atoms with Gasteiger partial charge in [0.05, 0.1) is 24.5 Å². The third-order valence-corrected chi connectivity index (χ3v) is 5.66. The van der Waals surface area contributed by atoms with Gasteiger partial charge in [0.1, 0.15) is 0 Å². The molecule has 1 unspecified atom stereocenters. The maximum absolute atomic E-state index is 12.7. The number of hydrogen-bond donors (Lipinski definition) is 4. The van der Waals surface area contributed by atoms with Crippen molar-refractivity contribution in [3.63, 3.8) is 0 Å². The van der Waals surface area contributed by atoms with Crippen LogP contribution in [0, 0.1) is 5.92 Å². The first-order chi connectivity index (χ1) is 15.3. The normalized spacial score (nSPS) is 14.6. The van der Waals surface area contributed by atoms with E-state index in [1.807, 2.05) is 18.2 Å². The lowest BCUT2D eigenvalue weighted by molar-refractivity contribution is -0.446. The number of nitrogens with one attached hydrogen (secondary N) is 3. The Balaban J connectivity index is 1.58. The molecule has 6 N–H and O–H groups in total. The minimum atomic E-state index is -0.735. The molecule has 8 nitrogen and oxygen atoms in total. The molecule has 8 heteroatoms. The fourth-order valence-electron chi connectivity index (χ4n) is 3.47. The molecule has 3 rings (SSSR count). The molecule has 32 heavy (non-hydrogen) atoms. The van der Waals surface area contributed by atoms with Crippen LogP contribution in [0.15, 0.2) is 36.5 Å². The Labute approximate surface area is 189 Å². The highest BCUT2D eigenvalue weighted by Gasteiger charge is 2.30. The number of quaternary nitrogens is 1. The van der Waals surface area contributed by atoms with Gasteiger partial charge in [0.25, 0.3) is 5.91 Å². The molecular formula is C24H36N5O3+. The summed E-state index contributed by atoms with van der Waals surface area (Å²) in [5, 5.41) is 13.2. The van der Waals surface area contributed by atoms with E-state index in [0.29, 0.717) is 18.9 Å². The van der Waals surface area contributed by atoms with E-state index in [9.17, 15) is 9.59 Å². The van der Waals surface area contributed by atoms with Gasteiger partial charge in [-0.05, 0) is 63.0 Å². The quantitative estimate of drug-likeness (QED) is 0.403. The Kier molecular flexibility index (Phi) is 8.27. The summed E-state index contributed by atoms with van der Waals surface area (Å²) in [6.45, 7) is 4.54. The van der Waals surface area contributed by atoms with E-state index in [2.05, 4.69) is 38.7 Å². The summed E-state index contributed by atoms with van der Waals surface area (Å²) in [7, 11) is 0.